The van der Waals surface area contributed by atoms with Crippen molar-refractivity contribution < 1.29 is 9.84 Å². The molecule has 2 heteroatoms. The summed E-state index contributed by atoms with van der Waals surface area (Å²) in [6.07, 6.45) is 5.43. The van der Waals surface area contributed by atoms with Crippen LogP contribution in [0.15, 0.2) is 36.4 Å². The van der Waals surface area contributed by atoms with E-state index in [9.17, 15) is 5.11 Å². The molecule has 17 heavy (non-hydrogen) atoms. The van der Waals surface area contributed by atoms with Crippen molar-refractivity contribution in [1.29, 1.82) is 0 Å². The van der Waals surface area contributed by atoms with Gasteiger partial charge in [0.25, 0.3) is 0 Å². The van der Waals surface area contributed by atoms with Gasteiger partial charge in [-0.25, -0.2) is 0 Å². The quantitative estimate of drug-likeness (QED) is 0.785. The lowest BCUT2D eigenvalue weighted by Crippen LogP contribution is -1.93. The minimum atomic E-state index is 0.234. The number of hydrogen-bond donors (Lipinski definition) is 1. The predicted octanol–water partition coefficient (Wildman–Crippen LogP) is 3.64. The lowest BCUT2D eigenvalue weighted by molar-refractivity contribution is 0.370. The van der Waals surface area contributed by atoms with Crippen LogP contribution >= 0.6 is 0 Å². The third kappa shape index (κ3) is 3.66. The lowest BCUT2D eigenvalue weighted by atomic mass is 10.0. The van der Waals surface area contributed by atoms with Crippen molar-refractivity contribution in [1.82, 2.24) is 0 Å². The van der Waals surface area contributed by atoms with E-state index in [-0.39, 0.29) is 5.75 Å². The van der Waals surface area contributed by atoms with Crippen molar-refractivity contribution in [3.8, 4) is 11.5 Å². The second-order valence-electron chi connectivity index (χ2n) is 4.28. The second-order valence-corrected chi connectivity index (χ2v) is 4.28. The monoisotopic (exact) mass is 232 g/mol. The fraction of sp³-hybridized carbons (Fsp3) is 0.333. The summed E-state index contributed by atoms with van der Waals surface area (Å²) in [7, 11) is 1.57. The van der Waals surface area contributed by atoms with E-state index < -0.39 is 0 Å². The Morgan fingerprint density at radius 1 is 1.35 bits per heavy atom. The molecule has 0 saturated carbocycles. The average molecular weight is 232 g/mol. The van der Waals surface area contributed by atoms with Crippen LogP contribution in [0.25, 0.3) is 0 Å². The van der Waals surface area contributed by atoms with E-state index in [2.05, 4.69) is 12.7 Å². The Bertz CT molecular complexity index is 427. The molecule has 0 aliphatic rings. The zero-order valence-corrected chi connectivity index (χ0v) is 10.8. The van der Waals surface area contributed by atoms with Gasteiger partial charge in [0.15, 0.2) is 11.5 Å². The predicted molar refractivity (Wildman–Crippen MR) is 71.7 cm³/mol. The maximum atomic E-state index is 10.0. The molecule has 1 aromatic rings. The number of ether oxygens (including phenoxy) is 1. The summed E-state index contributed by atoms with van der Waals surface area (Å²) >= 11 is 0. The number of benzene rings is 1. The van der Waals surface area contributed by atoms with Crippen LogP contribution in [0.5, 0.6) is 11.5 Å². The van der Waals surface area contributed by atoms with Crippen molar-refractivity contribution in [3.63, 3.8) is 0 Å². The Morgan fingerprint density at radius 3 is 2.59 bits per heavy atom. The molecule has 0 aromatic heterocycles. The zero-order chi connectivity index (χ0) is 12.8. The summed E-state index contributed by atoms with van der Waals surface area (Å²) in [4.78, 5) is 0. The highest BCUT2D eigenvalue weighted by Crippen LogP contribution is 2.32. The molecule has 0 radical (unpaired) electrons. The first-order valence-electron chi connectivity index (χ1n) is 5.71. The second kappa shape index (κ2) is 6.14. The van der Waals surface area contributed by atoms with Crippen molar-refractivity contribution in [2.24, 2.45) is 0 Å². The van der Waals surface area contributed by atoms with Crippen LogP contribution in [-0.2, 0) is 12.8 Å². The fourth-order valence-electron chi connectivity index (χ4n) is 1.64. The van der Waals surface area contributed by atoms with E-state index in [0.29, 0.717) is 5.75 Å². The van der Waals surface area contributed by atoms with Crippen LogP contribution < -0.4 is 4.74 Å². The van der Waals surface area contributed by atoms with E-state index in [1.54, 1.807) is 7.11 Å². The number of phenolic OH excluding ortho intramolecular Hbond substituents is 1. The number of hydrogen-bond acceptors (Lipinski definition) is 2. The van der Waals surface area contributed by atoms with Gasteiger partial charge in [-0.15, -0.1) is 6.58 Å². The smallest absolute Gasteiger partial charge is 0.161 e. The Morgan fingerprint density at radius 2 is 2.06 bits per heavy atom. The highest BCUT2D eigenvalue weighted by Gasteiger charge is 2.09. The van der Waals surface area contributed by atoms with Gasteiger partial charge in [0.05, 0.1) is 7.11 Å². The molecule has 2 nitrogen and oxygen atoms in total. The molecule has 1 rings (SSSR count). The molecule has 0 aliphatic heterocycles. The van der Waals surface area contributed by atoms with Gasteiger partial charge in [0.2, 0.25) is 0 Å². The molecule has 0 unspecified atom stereocenters. The highest BCUT2D eigenvalue weighted by molar-refractivity contribution is 5.49. The molecule has 0 fully saturated rings. The molecule has 92 valence electrons. The topological polar surface area (TPSA) is 29.5 Å². The van der Waals surface area contributed by atoms with Crippen LogP contribution in [0.4, 0.5) is 0 Å². The SMILES string of the molecule is C=CCc1cc(CC=C(C)C)c(O)c(OC)c1. The first-order chi connectivity index (χ1) is 8.08. The van der Waals surface area contributed by atoms with E-state index in [4.69, 9.17) is 4.74 Å². The van der Waals surface area contributed by atoms with E-state index in [0.717, 1.165) is 24.0 Å². The summed E-state index contributed by atoms with van der Waals surface area (Å²) in [5.41, 5.74) is 3.23. The Balaban J connectivity index is 3.12. The summed E-state index contributed by atoms with van der Waals surface area (Å²) in [5, 5.41) is 10.0. The first-order valence-corrected chi connectivity index (χ1v) is 5.71. The van der Waals surface area contributed by atoms with E-state index >= 15 is 0 Å². The molecule has 0 bridgehead atoms. The van der Waals surface area contributed by atoms with Gasteiger partial charge >= 0.3 is 0 Å². The number of rotatable bonds is 5. The van der Waals surface area contributed by atoms with Gasteiger partial charge in [0.1, 0.15) is 0 Å². The normalized spacial score (nSPS) is 9.82. The minimum Gasteiger partial charge on any atom is -0.504 e. The molecule has 0 atom stereocenters. The third-order valence-corrected chi connectivity index (χ3v) is 2.54. The van der Waals surface area contributed by atoms with Crippen LogP contribution in [0.2, 0.25) is 0 Å². The number of allylic oxidation sites excluding steroid dienone is 3. The maximum Gasteiger partial charge on any atom is 0.161 e. The summed E-state index contributed by atoms with van der Waals surface area (Å²) in [6, 6.07) is 3.85. The Hall–Kier alpha value is -1.70. The molecular weight excluding hydrogens is 212 g/mol. The zero-order valence-electron chi connectivity index (χ0n) is 10.8. The number of phenols is 1. The fourth-order valence-corrected chi connectivity index (χ4v) is 1.64. The van der Waals surface area contributed by atoms with Crippen molar-refractivity contribution in [3.05, 3.63) is 47.6 Å². The van der Waals surface area contributed by atoms with E-state index in [1.807, 2.05) is 32.1 Å². The van der Waals surface area contributed by atoms with Gasteiger partial charge in [-0.2, -0.15) is 0 Å². The molecule has 0 saturated heterocycles. The van der Waals surface area contributed by atoms with Crippen molar-refractivity contribution >= 4 is 0 Å². The van der Waals surface area contributed by atoms with Gasteiger partial charge in [-0.3, -0.25) is 0 Å². The third-order valence-electron chi connectivity index (χ3n) is 2.54. The van der Waals surface area contributed by atoms with Crippen LogP contribution in [0.3, 0.4) is 0 Å². The molecule has 1 N–H and O–H groups in total. The van der Waals surface area contributed by atoms with Crippen LogP contribution in [0.1, 0.15) is 25.0 Å². The van der Waals surface area contributed by atoms with Crippen molar-refractivity contribution in [2.45, 2.75) is 26.7 Å². The van der Waals surface area contributed by atoms with E-state index in [1.165, 1.54) is 5.57 Å². The molecule has 0 spiro atoms. The summed E-state index contributed by atoms with van der Waals surface area (Å²) in [6.45, 7) is 7.81. The molecular formula is C15H20O2. The number of aromatic hydroxyl groups is 1. The largest absolute Gasteiger partial charge is 0.504 e. The Kier molecular flexibility index (Phi) is 4.83. The first kappa shape index (κ1) is 13.4. The standard InChI is InChI=1S/C15H20O2/c1-5-6-12-9-13(8-7-11(2)3)15(16)14(10-12)17-4/h5,7,9-10,16H,1,6,8H2,2-4H3. The van der Waals surface area contributed by atoms with Crippen molar-refractivity contribution in [2.75, 3.05) is 7.11 Å². The lowest BCUT2D eigenvalue weighted by Gasteiger charge is -2.10. The molecule has 0 heterocycles. The maximum absolute atomic E-state index is 10.0. The summed E-state index contributed by atoms with van der Waals surface area (Å²) in [5.74, 6) is 0.763. The molecule has 0 aliphatic carbocycles. The molecule has 1 aromatic carbocycles. The van der Waals surface area contributed by atoms with Gasteiger partial charge in [-0.05, 0) is 38.3 Å². The Labute approximate surface area is 103 Å². The van der Waals surface area contributed by atoms with Gasteiger partial charge in [0, 0.05) is 5.56 Å². The molecule has 0 amide bonds. The van der Waals surface area contributed by atoms with Gasteiger partial charge < -0.3 is 9.84 Å². The minimum absolute atomic E-state index is 0.234. The van der Waals surface area contributed by atoms with Gasteiger partial charge in [-0.1, -0.05) is 23.8 Å². The highest BCUT2D eigenvalue weighted by atomic mass is 16.5. The number of methoxy groups -OCH3 is 1. The summed E-state index contributed by atoms with van der Waals surface area (Å²) < 4.78 is 5.17. The van der Waals surface area contributed by atoms with Crippen LogP contribution in [0, 0.1) is 0 Å². The van der Waals surface area contributed by atoms with Crippen LogP contribution in [-0.4, -0.2) is 12.2 Å². The average Bonchev–Trinajstić information content (AvgIpc) is 2.29.